The summed E-state index contributed by atoms with van der Waals surface area (Å²) in [6.07, 6.45) is -4.50. The van der Waals surface area contributed by atoms with Gasteiger partial charge >= 0.3 is 6.09 Å². The quantitative estimate of drug-likeness (QED) is 0.419. The second kappa shape index (κ2) is 10.3. The van der Waals surface area contributed by atoms with E-state index in [0.29, 0.717) is 16.7 Å². The molecule has 2 aromatic rings. The van der Waals surface area contributed by atoms with Gasteiger partial charge in [0.2, 0.25) is 0 Å². The molecular weight excluding hydrogens is 466 g/mol. The van der Waals surface area contributed by atoms with Gasteiger partial charge in [0.05, 0.1) is 11.4 Å². The van der Waals surface area contributed by atoms with E-state index in [1.165, 1.54) is 6.07 Å². The summed E-state index contributed by atoms with van der Waals surface area (Å²) in [6.45, 7) is 6.28. The highest BCUT2D eigenvalue weighted by Gasteiger charge is 2.42. The topological polar surface area (TPSA) is 99.8 Å². The Morgan fingerprint density at radius 3 is 2.47 bits per heavy atom. The normalized spacial score (nSPS) is 21.4. The van der Waals surface area contributed by atoms with Crippen LogP contribution in [-0.4, -0.2) is 44.1 Å². The second-order valence-corrected chi connectivity index (χ2v) is 10.7. The molecule has 3 unspecified atom stereocenters. The second-order valence-electron chi connectivity index (χ2n) is 9.04. The molecule has 186 valence electrons. The number of rotatable bonds is 6. The van der Waals surface area contributed by atoms with Gasteiger partial charge in [-0.15, -0.1) is 4.83 Å². The number of hydrogen-bond donors (Lipinski definition) is 3. The third kappa shape index (κ3) is 6.29. The van der Waals surface area contributed by atoms with Gasteiger partial charge in [0.25, 0.3) is 10.0 Å². The number of piperazine rings is 1. The Labute approximate surface area is 198 Å². The average Bonchev–Trinajstić information content (AvgIpc) is 2.73. The predicted octanol–water partition coefficient (Wildman–Crippen LogP) is 3.45. The number of ether oxygens (including phenoxy) is 1. The molecule has 2 aromatic carbocycles. The van der Waals surface area contributed by atoms with E-state index in [0.717, 1.165) is 4.90 Å². The summed E-state index contributed by atoms with van der Waals surface area (Å²) in [5, 5.41) is 2.20. The van der Waals surface area contributed by atoms with Gasteiger partial charge in [-0.25, -0.2) is 27.4 Å². The van der Waals surface area contributed by atoms with Crippen molar-refractivity contribution in [2.75, 3.05) is 6.54 Å². The standard InChI is InChI=1S/C23H30F2N4O4S/c1-15-9-5-8-12-18(15)34(31,32)28-26-13-16-10-6-7-11-17(16)20-21(25)27-19(24)14-29(20)22(30)33-23(2,3)4/h5-12,19-21,26-28H,13-14H2,1-4H3. The predicted molar refractivity (Wildman–Crippen MR) is 123 cm³/mol. The van der Waals surface area contributed by atoms with Gasteiger partial charge in [-0.3, -0.25) is 10.2 Å². The van der Waals surface area contributed by atoms with Crippen molar-refractivity contribution in [1.29, 1.82) is 0 Å². The zero-order chi connectivity index (χ0) is 25.1. The van der Waals surface area contributed by atoms with E-state index < -0.39 is 46.9 Å². The smallest absolute Gasteiger partial charge is 0.411 e. The van der Waals surface area contributed by atoms with Crippen LogP contribution in [0.3, 0.4) is 0 Å². The molecule has 0 aliphatic carbocycles. The van der Waals surface area contributed by atoms with Gasteiger partial charge < -0.3 is 4.74 Å². The van der Waals surface area contributed by atoms with Crippen LogP contribution in [0.25, 0.3) is 0 Å². The van der Waals surface area contributed by atoms with Gasteiger partial charge in [-0.05, 0) is 50.5 Å². The molecule has 0 aromatic heterocycles. The zero-order valence-corrected chi connectivity index (χ0v) is 20.3. The molecule has 3 rings (SSSR count). The fourth-order valence-electron chi connectivity index (χ4n) is 3.72. The molecule has 1 amide bonds. The lowest BCUT2D eigenvalue weighted by atomic mass is 9.96. The van der Waals surface area contributed by atoms with Gasteiger partial charge in [-0.1, -0.05) is 42.5 Å². The first kappa shape index (κ1) is 26.0. The van der Waals surface area contributed by atoms with Crippen LogP contribution in [0.1, 0.15) is 43.5 Å². The summed E-state index contributed by atoms with van der Waals surface area (Å²) >= 11 is 0. The number of sulfonamides is 1. The average molecular weight is 497 g/mol. The first-order valence-electron chi connectivity index (χ1n) is 10.8. The molecule has 0 radical (unpaired) electrons. The van der Waals surface area contributed by atoms with Crippen LogP contribution in [0.2, 0.25) is 0 Å². The number of nitrogens with zero attached hydrogens (tertiary/aromatic N) is 1. The van der Waals surface area contributed by atoms with Gasteiger partial charge in [0, 0.05) is 6.54 Å². The van der Waals surface area contributed by atoms with E-state index in [1.807, 2.05) is 0 Å². The molecule has 1 aliphatic heterocycles. The lowest BCUT2D eigenvalue weighted by Gasteiger charge is -2.41. The Morgan fingerprint density at radius 2 is 1.79 bits per heavy atom. The number of hydrazine groups is 1. The minimum absolute atomic E-state index is 0.00822. The summed E-state index contributed by atoms with van der Waals surface area (Å²) < 4.78 is 59.8. The maximum atomic E-state index is 15.1. The maximum absolute atomic E-state index is 15.1. The lowest BCUT2D eigenvalue weighted by molar-refractivity contribution is -0.0358. The van der Waals surface area contributed by atoms with Crippen molar-refractivity contribution in [1.82, 2.24) is 20.5 Å². The summed E-state index contributed by atoms with van der Waals surface area (Å²) in [6, 6.07) is 12.0. The van der Waals surface area contributed by atoms with E-state index >= 15 is 4.39 Å². The van der Waals surface area contributed by atoms with Crippen LogP contribution in [0, 0.1) is 6.92 Å². The molecule has 11 heteroatoms. The number of nitrogens with one attached hydrogen (secondary N) is 3. The third-order valence-electron chi connectivity index (χ3n) is 5.18. The van der Waals surface area contributed by atoms with Crippen molar-refractivity contribution >= 4 is 16.1 Å². The van der Waals surface area contributed by atoms with Crippen molar-refractivity contribution in [3.05, 3.63) is 65.2 Å². The highest BCUT2D eigenvalue weighted by Crippen LogP contribution is 2.33. The summed E-state index contributed by atoms with van der Waals surface area (Å²) in [5.74, 6) is 0. The maximum Gasteiger partial charge on any atom is 0.411 e. The molecule has 1 aliphatic rings. The number of halogens is 2. The molecule has 34 heavy (non-hydrogen) atoms. The summed E-state index contributed by atoms with van der Waals surface area (Å²) in [5.41, 5.74) is 3.31. The van der Waals surface area contributed by atoms with Gasteiger partial charge in [0.1, 0.15) is 11.6 Å². The molecular formula is C23H30F2N4O4S. The molecule has 3 N–H and O–H groups in total. The van der Waals surface area contributed by atoms with E-state index in [4.69, 9.17) is 4.74 Å². The van der Waals surface area contributed by atoms with Crippen molar-refractivity contribution < 1.29 is 26.7 Å². The number of carbonyl (C=O) groups is 1. The fraction of sp³-hybridized carbons (Fsp3) is 0.435. The minimum atomic E-state index is -3.84. The van der Waals surface area contributed by atoms with E-state index in [2.05, 4.69) is 15.6 Å². The molecule has 0 spiro atoms. The highest BCUT2D eigenvalue weighted by molar-refractivity contribution is 7.89. The molecule has 3 atom stereocenters. The number of amides is 1. The number of alkyl halides is 2. The molecule has 8 nitrogen and oxygen atoms in total. The fourth-order valence-corrected chi connectivity index (χ4v) is 4.84. The zero-order valence-electron chi connectivity index (χ0n) is 19.5. The third-order valence-corrected chi connectivity index (χ3v) is 6.63. The molecule has 1 heterocycles. The van der Waals surface area contributed by atoms with Gasteiger partial charge in [0.15, 0.2) is 12.6 Å². The molecule has 0 saturated carbocycles. The molecule has 0 bridgehead atoms. The molecule has 1 saturated heterocycles. The summed E-state index contributed by atoms with van der Waals surface area (Å²) in [4.78, 5) is 16.2. The van der Waals surface area contributed by atoms with E-state index in [9.17, 15) is 17.6 Å². The Balaban J connectivity index is 1.82. The Hall–Kier alpha value is -2.60. The van der Waals surface area contributed by atoms with E-state index in [-0.39, 0.29) is 11.4 Å². The van der Waals surface area contributed by atoms with Crippen molar-refractivity contribution in [3.63, 3.8) is 0 Å². The first-order chi connectivity index (χ1) is 15.9. The molecule has 1 fully saturated rings. The SMILES string of the molecule is Cc1ccccc1S(=O)(=O)NNCc1ccccc1C1C(F)NC(F)CN1C(=O)OC(C)(C)C. The van der Waals surface area contributed by atoms with Crippen molar-refractivity contribution in [3.8, 4) is 0 Å². The highest BCUT2D eigenvalue weighted by atomic mass is 32.2. The Morgan fingerprint density at radius 1 is 1.15 bits per heavy atom. The Bertz CT molecular complexity index is 1120. The number of hydrogen-bond acceptors (Lipinski definition) is 6. The van der Waals surface area contributed by atoms with Crippen molar-refractivity contribution in [2.45, 2.75) is 63.4 Å². The van der Waals surface area contributed by atoms with Crippen LogP contribution in [-0.2, 0) is 21.3 Å². The van der Waals surface area contributed by atoms with E-state index in [1.54, 1.807) is 70.2 Å². The van der Waals surface area contributed by atoms with Crippen LogP contribution in [0.4, 0.5) is 13.6 Å². The van der Waals surface area contributed by atoms with Crippen LogP contribution in [0.5, 0.6) is 0 Å². The monoisotopic (exact) mass is 496 g/mol. The number of aryl methyl sites for hydroxylation is 1. The van der Waals surface area contributed by atoms with Gasteiger partial charge in [-0.2, -0.15) is 0 Å². The van der Waals surface area contributed by atoms with Crippen LogP contribution >= 0.6 is 0 Å². The minimum Gasteiger partial charge on any atom is -0.444 e. The van der Waals surface area contributed by atoms with Crippen LogP contribution in [0.15, 0.2) is 53.4 Å². The van der Waals surface area contributed by atoms with Crippen LogP contribution < -0.4 is 15.6 Å². The Kier molecular flexibility index (Phi) is 7.91. The summed E-state index contributed by atoms with van der Waals surface area (Å²) in [7, 11) is -3.84. The van der Waals surface area contributed by atoms with Crippen molar-refractivity contribution in [2.24, 2.45) is 0 Å². The first-order valence-corrected chi connectivity index (χ1v) is 12.3. The lowest BCUT2D eigenvalue weighted by Crippen LogP contribution is -2.57. The number of carbonyl (C=O) groups excluding carboxylic acids is 1. The number of benzene rings is 2. The largest absolute Gasteiger partial charge is 0.444 e.